The molecule has 1 aliphatic rings. The van der Waals surface area contributed by atoms with Crippen molar-refractivity contribution in [2.75, 3.05) is 20.1 Å². The van der Waals surface area contributed by atoms with Gasteiger partial charge in [0.15, 0.2) is 0 Å². The number of hydrogen-bond donors (Lipinski definition) is 3. The molecule has 1 aliphatic carbocycles. The van der Waals surface area contributed by atoms with E-state index in [1.54, 1.807) is 25.3 Å². The van der Waals surface area contributed by atoms with Gasteiger partial charge in [0.25, 0.3) is 5.91 Å². The number of benzene rings is 1. The van der Waals surface area contributed by atoms with Crippen LogP contribution in [0.2, 0.25) is 0 Å². The van der Waals surface area contributed by atoms with Crippen LogP contribution in [0.1, 0.15) is 28.8 Å². The predicted octanol–water partition coefficient (Wildman–Crippen LogP) is 1.02. The summed E-state index contributed by atoms with van der Waals surface area (Å²) in [4.78, 5) is 37.2. The fourth-order valence-electron chi connectivity index (χ4n) is 2.45. The molecule has 7 nitrogen and oxygen atoms in total. The molecule has 7 heteroatoms. The lowest BCUT2D eigenvalue weighted by molar-refractivity contribution is -0.121. The third-order valence-electron chi connectivity index (χ3n) is 3.90. The molecule has 4 amide bonds. The van der Waals surface area contributed by atoms with E-state index in [4.69, 9.17) is 0 Å². The lowest BCUT2D eigenvalue weighted by atomic mass is 10.1. The molecule has 0 radical (unpaired) electrons. The molecule has 0 atom stereocenters. The Labute approximate surface area is 147 Å². The number of nitrogens with one attached hydrogen (secondary N) is 3. The first-order valence-electron chi connectivity index (χ1n) is 8.27. The van der Waals surface area contributed by atoms with Gasteiger partial charge in [-0.3, -0.25) is 19.8 Å². The van der Waals surface area contributed by atoms with Crippen molar-refractivity contribution < 1.29 is 14.4 Å². The van der Waals surface area contributed by atoms with E-state index in [0.29, 0.717) is 24.7 Å². The first-order chi connectivity index (χ1) is 12.0. The van der Waals surface area contributed by atoms with Crippen LogP contribution >= 0.6 is 0 Å². The fraction of sp³-hybridized carbons (Fsp3) is 0.389. The molecule has 0 heterocycles. The Bertz CT molecular complexity index is 638. The lowest BCUT2D eigenvalue weighted by Crippen LogP contribution is -2.44. The van der Waals surface area contributed by atoms with Crippen molar-refractivity contribution in [3.63, 3.8) is 0 Å². The Kier molecular flexibility index (Phi) is 6.71. The Balaban J connectivity index is 1.90. The predicted molar refractivity (Wildman–Crippen MR) is 95.0 cm³/mol. The maximum absolute atomic E-state index is 12.0. The molecule has 1 aromatic carbocycles. The average molecular weight is 344 g/mol. The average Bonchev–Trinajstić information content (AvgIpc) is 3.44. The van der Waals surface area contributed by atoms with E-state index in [9.17, 15) is 14.4 Å². The number of hydrogen-bond acceptors (Lipinski definition) is 4. The standard InChI is InChI=1S/C18H24N4O3/c1-3-10-20-18(25)21-16(23)12-22(15-8-9-15)11-13-4-6-14(7-5-13)17(24)19-2/h3-7,15H,1,8-12H2,2H3,(H,19,24)(H2,20,21,23,25). The second kappa shape index (κ2) is 8.98. The molecule has 2 rings (SSSR count). The number of amides is 4. The maximum Gasteiger partial charge on any atom is 0.321 e. The molecule has 1 aromatic rings. The van der Waals surface area contributed by atoms with Crippen LogP contribution in [0.25, 0.3) is 0 Å². The van der Waals surface area contributed by atoms with Crippen LogP contribution in [0.4, 0.5) is 4.79 Å². The summed E-state index contributed by atoms with van der Waals surface area (Å²) in [5.74, 6) is -0.467. The summed E-state index contributed by atoms with van der Waals surface area (Å²) < 4.78 is 0. The van der Waals surface area contributed by atoms with Crippen LogP contribution in [0.5, 0.6) is 0 Å². The van der Waals surface area contributed by atoms with Crippen molar-refractivity contribution in [2.45, 2.75) is 25.4 Å². The molecule has 0 spiro atoms. The monoisotopic (exact) mass is 344 g/mol. The zero-order valence-corrected chi connectivity index (χ0v) is 14.4. The van der Waals surface area contributed by atoms with Crippen LogP contribution in [0, 0.1) is 0 Å². The second-order valence-electron chi connectivity index (χ2n) is 5.96. The third kappa shape index (κ3) is 6.04. The number of nitrogens with zero attached hydrogens (tertiary/aromatic N) is 1. The van der Waals surface area contributed by atoms with Crippen molar-refractivity contribution >= 4 is 17.8 Å². The molecule has 0 saturated heterocycles. The molecule has 0 aromatic heterocycles. The largest absolute Gasteiger partial charge is 0.355 e. The maximum atomic E-state index is 12.0. The smallest absolute Gasteiger partial charge is 0.321 e. The van der Waals surface area contributed by atoms with Gasteiger partial charge in [-0.15, -0.1) is 6.58 Å². The zero-order chi connectivity index (χ0) is 18.2. The highest BCUT2D eigenvalue weighted by Gasteiger charge is 2.30. The Morgan fingerprint density at radius 3 is 2.48 bits per heavy atom. The van der Waals surface area contributed by atoms with Crippen LogP contribution in [0.3, 0.4) is 0 Å². The lowest BCUT2D eigenvalue weighted by Gasteiger charge is -2.21. The summed E-state index contributed by atoms with van der Waals surface area (Å²) in [6, 6.07) is 7.14. The van der Waals surface area contributed by atoms with E-state index in [2.05, 4.69) is 22.5 Å². The van der Waals surface area contributed by atoms with Gasteiger partial charge in [-0.1, -0.05) is 18.2 Å². The normalized spacial score (nSPS) is 13.2. The van der Waals surface area contributed by atoms with Gasteiger partial charge in [-0.25, -0.2) is 4.79 Å². The van der Waals surface area contributed by atoms with E-state index < -0.39 is 6.03 Å². The van der Waals surface area contributed by atoms with E-state index in [0.717, 1.165) is 18.4 Å². The second-order valence-corrected chi connectivity index (χ2v) is 5.96. The zero-order valence-electron chi connectivity index (χ0n) is 14.4. The summed E-state index contributed by atoms with van der Waals surface area (Å²) in [5.41, 5.74) is 1.62. The van der Waals surface area contributed by atoms with Crippen molar-refractivity contribution in [1.82, 2.24) is 20.9 Å². The van der Waals surface area contributed by atoms with E-state index in [1.807, 2.05) is 17.0 Å². The first kappa shape index (κ1) is 18.7. The topological polar surface area (TPSA) is 90.5 Å². The van der Waals surface area contributed by atoms with Crippen molar-refractivity contribution in [3.05, 3.63) is 48.0 Å². The summed E-state index contributed by atoms with van der Waals surface area (Å²) in [6.07, 6.45) is 3.64. The van der Waals surface area contributed by atoms with Gasteiger partial charge in [0.2, 0.25) is 5.91 Å². The van der Waals surface area contributed by atoms with Crippen LogP contribution < -0.4 is 16.0 Å². The summed E-state index contributed by atoms with van der Waals surface area (Å²) in [6.45, 7) is 4.56. The van der Waals surface area contributed by atoms with Gasteiger partial charge in [0, 0.05) is 31.7 Å². The molecule has 0 bridgehead atoms. The van der Waals surface area contributed by atoms with E-state index >= 15 is 0 Å². The minimum Gasteiger partial charge on any atom is -0.355 e. The van der Waals surface area contributed by atoms with Crippen molar-refractivity contribution in [3.8, 4) is 0 Å². The summed E-state index contributed by atoms with van der Waals surface area (Å²) in [7, 11) is 1.59. The molecular formula is C18H24N4O3. The van der Waals surface area contributed by atoms with Gasteiger partial charge in [-0.05, 0) is 30.5 Å². The Morgan fingerprint density at radius 1 is 1.24 bits per heavy atom. The number of carbonyl (C=O) groups is 3. The van der Waals surface area contributed by atoms with Gasteiger partial charge in [0.05, 0.1) is 6.54 Å². The molecule has 134 valence electrons. The molecule has 0 unspecified atom stereocenters. The number of rotatable bonds is 8. The highest BCUT2D eigenvalue weighted by molar-refractivity contribution is 5.95. The molecule has 3 N–H and O–H groups in total. The highest BCUT2D eigenvalue weighted by Crippen LogP contribution is 2.28. The van der Waals surface area contributed by atoms with Gasteiger partial charge < -0.3 is 10.6 Å². The van der Waals surface area contributed by atoms with E-state index in [1.165, 1.54) is 0 Å². The van der Waals surface area contributed by atoms with Crippen LogP contribution in [-0.2, 0) is 11.3 Å². The summed E-state index contributed by atoms with van der Waals surface area (Å²) in [5, 5.41) is 7.40. The van der Waals surface area contributed by atoms with Crippen LogP contribution in [0.15, 0.2) is 36.9 Å². The minimum absolute atomic E-state index is 0.129. The molecule has 0 aliphatic heterocycles. The first-order valence-corrected chi connectivity index (χ1v) is 8.27. The molecule has 1 fully saturated rings. The number of urea groups is 1. The molecule has 25 heavy (non-hydrogen) atoms. The number of carbonyl (C=O) groups excluding carboxylic acids is 3. The minimum atomic E-state index is -0.518. The third-order valence-corrected chi connectivity index (χ3v) is 3.90. The number of imide groups is 1. The molecule has 1 saturated carbocycles. The highest BCUT2D eigenvalue weighted by atomic mass is 16.2. The SMILES string of the molecule is C=CCNC(=O)NC(=O)CN(Cc1ccc(C(=O)NC)cc1)C1CC1. The van der Waals surface area contributed by atoms with Gasteiger partial charge >= 0.3 is 6.03 Å². The van der Waals surface area contributed by atoms with Crippen molar-refractivity contribution in [1.29, 1.82) is 0 Å². The quantitative estimate of drug-likeness (QED) is 0.614. The van der Waals surface area contributed by atoms with Gasteiger partial charge in [-0.2, -0.15) is 0 Å². The van der Waals surface area contributed by atoms with Crippen molar-refractivity contribution in [2.24, 2.45) is 0 Å². The van der Waals surface area contributed by atoms with Crippen LogP contribution in [-0.4, -0.2) is 48.9 Å². The Hall–Kier alpha value is -2.67. The fourth-order valence-corrected chi connectivity index (χ4v) is 2.45. The summed E-state index contributed by atoms with van der Waals surface area (Å²) >= 11 is 0. The Morgan fingerprint density at radius 2 is 1.92 bits per heavy atom. The van der Waals surface area contributed by atoms with E-state index in [-0.39, 0.29) is 18.4 Å². The molecular weight excluding hydrogens is 320 g/mol. The van der Waals surface area contributed by atoms with Gasteiger partial charge in [0.1, 0.15) is 0 Å².